The zero-order valence-corrected chi connectivity index (χ0v) is 14.8. The topological polar surface area (TPSA) is 61.4 Å². The monoisotopic (exact) mass is 332 g/mol. The number of aryl methyl sites for hydroxylation is 3. The van der Waals surface area contributed by atoms with Crippen LogP contribution in [0.4, 0.5) is 0 Å². The van der Waals surface area contributed by atoms with Crippen LogP contribution in [0, 0.1) is 20.8 Å². The van der Waals surface area contributed by atoms with Crippen LogP contribution in [0.15, 0.2) is 42.6 Å². The van der Waals surface area contributed by atoms with Gasteiger partial charge in [-0.05, 0) is 45.9 Å². The van der Waals surface area contributed by atoms with E-state index in [0.29, 0.717) is 0 Å². The Morgan fingerprint density at radius 2 is 1.80 bits per heavy atom. The number of pyridine rings is 1. The van der Waals surface area contributed by atoms with E-state index in [-0.39, 0.29) is 6.04 Å². The summed E-state index contributed by atoms with van der Waals surface area (Å²) in [5.74, 6) is 1.58. The standard InChI is InChI=1S/C19H20N6/c1-12-11-13(2)24(22-12)14(3)19-21-15(4)23-25(19)17-9-5-7-16-8-6-10-20-18(16)17/h5-11,14H,1-4H3. The second-order valence-electron chi connectivity index (χ2n) is 6.33. The Labute approximate surface area is 146 Å². The molecule has 4 rings (SSSR count). The van der Waals surface area contributed by atoms with Gasteiger partial charge in [0.05, 0.1) is 16.9 Å². The predicted octanol–water partition coefficient (Wildman–Crippen LogP) is 3.55. The summed E-state index contributed by atoms with van der Waals surface area (Å²) in [6.07, 6.45) is 1.81. The molecule has 0 aliphatic rings. The molecule has 3 aromatic heterocycles. The zero-order valence-electron chi connectivity index (χ0n) is 14.8. The quantitative estimate of drug-likeness (QED) is 0.576. The van der Waals surface area contributed by atoms with Crippen LogP contribution < -0.4 is 0 Å². The van der Waals surface area contributed by atoms with Crippen LogP contribution in [-0.2, 0) is 0 Å². The van der Waals surface area contributed by atoms with Gasteiger partial charge in [-0.3, -0.25) is 9.67 Å². The molecular formula is C19H20N6. The molecule has 1 unspecified atom stereocenters. The number of para-hydroxylation sites is 1. The summed E-state index contributed by atoms with van der Waals surface area (Å²) in [6, 6.07) is 12.1. The molecule has 0 bridgehead atoms. The molecule has 0 amide bonds. The van der Waals surface area contributed by atoms with Gasteiger partial charge in [-0.25, -0.2) is 9.67 Å². The van der Waals surface area contributed by atoms with Gasteiger partial charge in [0.15, 0.2) is 5.82 Å². The first kappa shape index (κ1) is 15.5. The van der Waals surface area contributed by atoms with Crippen LogP contribution in [-0.4, -0.2) is 29.5 Å². The highest BCUT2D eigenvalue weighted by Gasteiger charge is 2.21. The summed E-state index contributed by atoms with van der Waals surface area (Å²) in [7, 11) is 0. The van der Waals surface area contributed by atoms with Gasteiger partial charge in [-0.1, -0.05) is 18.2 Å². The maximum absolute atomic E-state index is 4.68. The van der Waals surface area contributed by atoms with Crippen molar-refractivity contribution >= 4 is 10.9 Å². The molecule has 126 valence electrons. The molecular weight excluding hydrogens is 312 g/mol. The minimum atomic E-state index is -0.0335. The van der Waals surface area contributed by atoms with E-state index >= 15 is 0 Å². The molecule has 25 heavy (non-hydrogen) atoms. The highest BCUT2D eigenvalue weighted by molar-refractivity contribution is 5.86. The average Bonchev–Trinajstić information content (AvgIpc) is 3.15. The van der Waals surface area contributed by atoms with Crippen molar-refractivity contribution in [2.75, 3.05) is 0 Å². The first-order valence-electron chi connectivity index (χ1n) is 8.35. The van der Waals surface area contributed by atoms with Gasteiger partial charge in [0.1, 0.15) is 11.9 Å². The summed E-state index contributed by atoms with van der Waals surface area (Å²) in [5.41, 5.74) is 3.95. The van der Waals surface area contributed by atoms with Gasteiger partial charge in [-0.15, -0.1) is 0 Å². The third-order valence-corrected chi connectivity index (χ3v) is 4.36. The number of benzene rings is 1. The summed E-state index contributed by atoms with van der Waals surface area (Å²) in [6.45, 7) is 8.06. The number of nitrogens with zero attached hydrogens (tertiary/aromatic N) is 6. The average molecular weight is 332 g/mol. The van der Waals surface area contributed by atoms with Crippen LogP contribution >= 0.6 is 0 Å². The van der Waals surface area contributed by atoms with Gasteiger partial charge in [0, 0.05) is 17.3 Å². The van der Waals surface area contributed by atoms with E-state index in [9.17, 15) is 0 Å². The largest absolute Gasteiger partial charge is 0.259 e. The predicted molar refractivity (Wildman–Crippen MR) is 96.9 cm³/mol. The molecule has 1 aromatic carbocycles. The molecule has 6 nitrogen and oxygen atoms in total. The van der Waals surface area contributed by atoms with E-state index in [1.54, 1.807) is 6.20 Å². The van der Waals surface area contributed by atoms with Crippen LogP contribution in [0.3, 0.4) is 0 Å². The van der Waals surface area contributed by atoms with E-state index in [1.165, 1.54) is 0 Å². The second kappa shape index (κ2) is 5.81. The number of fused-ring (bicyclic) bond motifs is 1. The molecule has 3 heterocycles. The SMILES string of the molecule is Cc1cc(C)n(C(C)c2nc(C)nn2-c2cccc3cccnc23)n1. The maximum atomic E-state index is 4.68. The molecule has 0 N–H and O–H groups in total. The van der Waals surface area contributed by atoms with Crippen LogP contribution in [0.1, 0.15) is 36.0 Å². The lowest BCUT2D eigenvalue weighted by atomic mass is 10.2. The lowest BCUT2D eigenvalue weighted by Gasteiger charge is -2.15. The number of rotatable bonds is 3. The molecule has 0 aliphatic heterocycles. The summed E-state index contributed by atoms with van der Waals surface area (Å²) in [5, 5.41) is 10.3. The van der Waals surface area contributed by atoms with Crippen molar-refractivity contribution in [1.82, 2.24) is 29.5 Å². The second-order valence-corrected chi connectivity index (χ2v) is 6.33. The minimum Gasteiger partial charge on any atom is -0.259 e. The lowest BCUT2D eigenvalue weighted by Crippen LogP contribution is -2.16. The fraction of sp³-hybridized carbons (Fsp3) is 0.263. The molecule has 6 heteroatoms. The highest BCUT2D eigenvalue weighted by Crippen LogP contribution is 2.25. The van der Waals surface area contributed by atoms with E-state index in [4.69, 9.17) is 0 Å². The fourth-order valence-electron chi connectivity index (χ4n) is 3.29. The summed E-state index contributed by atoms with van der Waals surface area (Å²) >= 11 is 0. The molecule has 4 aromatic rings. The van der Waals surface area contributed by atoms with Crippen molar-refractivity contribution in [2.45, 2.75) is 33.7 Å². The third kappa shape index (κ3) is 2.59. The fourth-order valence-corrected chi connectivity index (χ4v) is 3.29. The lowest BCUT2D eigenvalue weighted by molar-refractivity contribution is 0.509. The normalized spacial score (nSPS) is 12.6. The van der Waals surface area contributed by atoms with Crippen molar-refractivity contribution in [3.05, 3.63) is 65.6 Å². The third-order valence-electron chi connectivity index (χ3n) is 4.36. The Bertz CT molecular complexity index is 1050. The van der Waals surface area contributed by atoms with Gasteiger partial charge in [0.25, 0.3) is 0 Å². The molecule has 0 spiro atoms. The van der Waals surface area contributed by atoms with Gasteiger partial charge in [0.2, 0.25) is 0 Å². The minimum absolute atomic E-state index is 0.0335. The summed E-state index contributed by atoms with van der Waals surface area (Å²) < 4.78 is 3.89. The molecule has 0 saturated carbocycles. The van der Waals surface area contributed by atoms with E-state index < -0.39 is 0 Å². The zero-order chi connectivity index (χ0) is 17.6. The van der Waals surface area contributed by atoms with Gasteiger partial charge in [-0.2, -0.15) is 10.2 Å². The Hall–Kier alpha value is -3.02. The first-order chi connectivity index (χ1) is 12.0. The van der Waals surface area contributed by atoms with Crippen molar-refractivity contribution in [1.29, 1.82) is 0 Å². The number of aromatic nitrogens is 6. The molecule has 0 radical (unpaired) electrons. The highest BCUT2D eigenvalue weighted by atomic mass is 15.4. The van der Waals surface area contributed by atoms with E-state index in [0.717, 1.165) is 39.6 Å². The molecule has 1 atom stereocenters. The Kier molecular flexibility index (Phi) is 3.60. The Morgan fingerprint density at radius 1 is 1.00 bits per heavy atom. The van der Waals surface area contributed by atoms with Crippen molar-refractivity contribution in [3.8, 4) is 5.69 Å². The summed E-state index contributed by atoms with van der Waals surface area (Å²) in [4.78, 5) is 9.23. The van der Waals surface area contributed by atoms with E-state index in [1.807, 2.05) is 41.4 Å². The molecule has 0 fully saturated rings. The Morgan fingerprint density at radius 3 is 2.56 bits per heavy atom. The van der Waals surface area contributed by atoms with Crippen LogP contribution in [0.5, 0.6) is 0 Å². The smallest absolute Gasteiger partial charge is 0.157 e. The van der Waals surface area contributed by atoms with Crippen LogP contribution in [0.25, 0.3) is 16.6 Å². The van der Waals surface area contributed by atoms with Gasteiger partial charge >= 0.3 is 0 Å². The van der Waals surface area contributed by atoms with E-state index in [2.05, 4.69) is 52.2 Å². The molecule has 0 saturated heterocycles. The first-order valence-corrected chi connectivity index (χ1v) is 8.35. The Balaban J connectivity index is 1.91. The van der Waals surface area contributed by atoms with Crippen molar-refractivity contribution in [2.24, 2.45) is 0 Å². The van der Waals surface area contributed by atoms with Gasteiger partial charge < -0.3 is 0 Å². The number of hydrogen-bond donors (Lipinski definition) is 0. The van der Waals surface area contributed by atoms with Crippen LogP contribution in [0.2, 0.25) is 0 Å². The number of hydrogen-bond acceptors (Lipinski definition) is 4. The van der Waals surface area contributed by atoms with Crippen molar-refractivity contribution in [3.63, 3.8) is 0 Å². The molecule has 0 aliphatic carbocycles. The maximum Gasteiger partial charge on any atom is 0.157 e. The van der Waals surface area contributed by atoms with Crippen molar-refractivity contribution < 1.29 is 0 Å².